The number of carbonyl (C=O) groups excluding carboxylic acids is 4. The second-order valence-corrected chi connectivity index (χ2v) is 17.4. The zero-order valence-corrected chi connectivity index (χ0v) is 32.8. The molecule has 1 unspecified atom stereocenters. The molecule has 2 atom stereocenters. The van der Waals surface area contributed by atoms with Crippen molar-refractivity contribution >= 4 is 58.0 Å². The first kappa shape index (κ1) is 35.8. The smallest absolute Gasteiger partial charge is 0.255 e. The number of amides is 4. The summed E-state index contributed by atoms with van der Waals surface area (Å²) in [5.74, 6) is 0.719. The summed E-state index contributed by atoms with van der Waals surface area (Å²) in [6, 6.07) is 12.6. The van der Waals surface area contributed by atoms with Gasteiger partial charge in [0.05, 0.1) is 12.1 Å². The number of rotatable bonds is 5. The Morgan fingerprint density at radius 3 is 2.42 bits per heavy atom. The van der Waals surface area contributed by atoms with Crippen LogP contribution in [0.4, 0.5) is 5.69 Å². The van der Waals surface area contributed by atoms with Gasteiger partial charge >= 0.3 is 0 Å². The molecular weight excluding hydrogens is 736 g/mol. The van der Waals surface area contributed by atoms with E-state index in [0.717, 1.165) is 83.3 Å². The summed E-state index contributed by atoms with van der Waals surface area (Å²) in [5, 5.41) is 13.1. The Labute approximate surface area is 328 Å². The van der Waals surface area contributed by atoms with Crippen molar-refractivity contribution in [2.24, 2.45) is 10.4 Å². The number of imide groups is 1. The van der Waals surface area contributed by atoms with Crippen LogP contribution in [0.25, 0.3) is 5.00 Å². The maximum Gasteiger partial charge on any atom is 0.255 e. The van der Waals surface area contributed by atoms with E-state index in [1.165, 1.54) is 4.88 Å². The maximum absolute atomic E-state index is 14.1. The van der Waals surface area contributed by atoms with Crippen LogP contribution in [-0.4, -0.2) is 86.1 Å². The molecule has 5 aliphatic heterocycles. The Kier molecular flexibility index (Phi) is 8.92. The number of aryl methyl sites for hydroxylation is 2. The Morgan fingerprint density at radius 2 is 1.69 bits per heavy atom. The summed E-state index contributed by atoms with van der Waals surface area (Å²) in [7, 11) is 0. The van der Waals surface area contributed by atoms with Crippen molar-refractivity contribution in [3.63, 3.8) is 0 Å². The predicted octanol–water partition coefficient (Wildman–Crippen LogP) is 5.86. The first-order chi connectivity index (χ1) is 26.5. The van der Waals surface area contributed by atoms with Crippen LogP contribution in [0.2, 0.25) is 5.02 Å². The van der Waals surface area contributed by atoms with E-state index < -0.39 is 18.0 Å². The molecule has 5 aliphatic rings. The largest absolute Gasteiger partial charge is 0.371 e. The normalized spacial score (nSPS) is 21.9. The van der Waals surface area contributed by atoms with Crippen LogP contribution in [-0.2, 0) is 20.9 Å². The number of thiophene rings is 1. The van der Waals surface area contributed by atoms with Crippen molar-refractivity contribution in [1.82, 2.24) is 29.9 Å². The fourth-order valence-corrected chi connectivity index (χ4v) is 10.5. The van der Waals surface area contributed by atoms with Gasteiger partial charge in [0.25, 0.3) is 5.91 Å². The maximum atomic E-state index is 14.1. The summed E-state index contributed by atoms with van der Waals surface area (Å²) in [6.45, 7) is 9.81. The minimum Gasteiger partial charge on any atom is -0.371 e. The topological polar surface area (TPSA) is 133 Å². The fourth-order valence-electron chi connectivity index (χ4n) is 9.15. The molecule has 0 aliphatic carbocycles. The van der Waals surface area contributed by atoms with E-state index in [4.69, 9.17) is 16.6 Å². The molecule has 4 aromatic rings. The van der Waals surface area contributed by atoms with Crippen LogP contribution in [0, 0.1) is 26.2 Å². The number of aliphatic imine (C=N–C) groups is 1. The Morgan fingerprint density at radius 1 is 0.964 bits per heavy atom. The van der Waals surface area contributed by atoms with Crippen molar-refractivity contribution in [3.05, 3.63) is 91.8 Å². The van der Waals surface area contributed by atoms with Gasteiger partial charge in [-0.1, -0.05) is 23.7 Å². The lowest BCUT2D eigenvalue weighted by atomic mass is 9.71. The number of nitrogens with one attached hydrogen (secondary N) is 1. The number of anilines is 1. The fraction of sp³-hybridized carbons (Fsp3) is 0.439. The first-order valence-electron chi connectivity index (χ1n) is 19.2. The third-order valence-electron chi connectivity index (χ3n) is 12.6. The third-order valence-corrected chi connectivity index (χ3v) is 14.0. The van der Waals surface area contributed by atoms with Gasteiger partial charge in [-0.2, -0.15) is 0 Å². The summed E-state index contributed by atoms with van der Waals surface area (Å²) in [5.41, 5.74) is 6.84. The van der Waals surface area contributed by atoms with Crippen molar-refractivity contribution < 1.29 is 19.2 Å². The van der Waals surface area contributed by atoms with Crippen LogP contribution < -0.4 is 10.2 Å². The molecule has 0 saturated carbocycles. The lowest BCUT2D eigenvalue weighted by Crippen LogP contribution is -2.52. The highest BCUT2D eigenvalue weighted by atomic mass is 35.5. The number of hydrogen-bond acceptors (Lipinski definition) is 9. The van der Waals surface area contributed by atoms with E-state index >= 15 is 0 Å². The van der Waals surface area contributed by atoms with E-state index in [1.54, 1.807) is 16.2 Å². The minimum atomic E-state index is -0.618. The molecule has 7 heterocycles. The van der Waals surface area contributed by atoms with Gasteiger partial charge in [0.15, 0.2) is 5.82 Å². The third kappa shape index (κ3) is 6.25. The monoisotopic (exact) mass is 778 g/mol. The second kappa shape index (κ2) is 13.7. The van der Waals surface area contributed by atoms with Gasteiger partial charge in [-0.05, 0) is 99.7 Å². The van der Waals surface area contributed by atoms with E-state index in [0.29, 0.717) is 42.5 Å². The molecule has 0 bridgehead atoms. The quantitative estimate of drug-likeness (QED) is 0.251. The molecule has 0 radical (unpaired) electrons. The lowest BCUT2D eigenvalue weighted by molar-refractivity contribution is -0.137. The molecular formula is C41H43ClN8O4S. The highest BCUT2D eigenvalue weighted by Gasteiger charge is 2.42. The average molecular weight is 779 g/mol. The second-order valence-electron chi connectivity index (χ2n) is 15.7. The summed E-state index contributed by atoms with van der Waals surface area (Å²) in [4.78, 5) is 64.0. The number of likely N-dealkylation sites (tertiary alicyclic amines) is 1. The molecule has 55 heavy (non-hydrogen) atoms. The zero-order chi connectivity index (χ0) is 38.2. The number of halogens is 1. The van der Waals surface area contributed by atoms with Crippen LogP contribution in [0.1, 0.15) is 100 Å². The van der Waals surface area contributed by atoms with Gasteiger partial charge in [-0.25, -0.2) is 0 Å². The van der Waals surface area contributed by atoms with E-state index in [2.05, 4.69) is 44.9 Å². The minimum absolute atomic E-state index is 0.0842. The SMILES string of the molecule is Cc1sc2c(c1C)C(c1ccc(Cl)cc1)=N[C@@H](CC(=O)N1CCC3(CC1)CCN(c1ccc4c(c1)CN(C1CCC(=O)NC1=O)C4=O)CC3)c1nnc(C)n1-2. The van der Waals surface area contributed by atoms with E-state index in [1.807, 2.05) is 48.2 Å². The molecule has 284 valence electrons. The van der Waals surface area contributed by atoms with Gasteiger partial charge in [-0.15, -0.1) is 21.5 Å². The summed E-state index contributed by atoms with van der Waals surface area (Å²) in [6.07, 6.45) is 4.80. The van der Waals surface area contributed by atoms with Gasteiger partial charge in [0.2, 0.25) is 17.7 Å². The highest BCUT2D eigenvalue weighted by molar-refractivity contribution is 7.15. The molecule has 4 amide bonds. The predicted molar refractivity (Wildman–Crippen MR) is 210 cm³/mol. The van der Waals surface area contributed by atoms with E-state index in [-0.39, 0.29) is 36.0 Å². The Bertz CT molecular complexity index is 2280. The van der Waals surface area contributed by atoms with Gasteiger partial charge in [0, 0.05) is 71.4 Å². The Hall–Kier alpha value is -4.88. The number of aromatic nitrogens is 3. The molecule has 2 aromatic carbocycles. The summed E-state index contributed by atoms with van der Waals surface area (Å²) < 4.78 is 2.09. The summed E-state index contributed by atoms with van der Waals surface area (Å²) >= 11 is 7.99. The number of benzene rings is 2. The molecule has 3 saturated heterocycles. The first-order valence-corrected chi connectivity index (χ1v) is 20.3. The van der Waals surface area contributed by atoms with Crippen LogP contribution in [0.5, 0.6) is 0 Å². The molecule has 1 spiro atoms. The Balaban J connectivity index is 0.863. The van der Waals surface area contributed by atoms with Crippen molar-refractivity contribution in [2.45, 2.75) is 84.3 Å². The van der Waals surface area contributed by atoms with Gasteiger partial charge < -0.3 is 14.7 Å². The van der Waals surface area contributed by atoms with Gasteiger partial charge in [0.1, 0.15) is 22.9 Å². The number of hydrogen-bond donors (Lipinski definition) is 1. The number of fused-ring (bicyclic) bond motifs is 4. The van der Waals surface area contributed by atoms with E-state index in [9.17, 15) is 19.2 Å². The number of carbonyl (C=O) groups is 4. The average Bonchev–Trinajstić information content (AvgIpc) is 3.79. The zero-order valence-electron chi connectivity index (χ0n) is 31.2. The molecule has 9 rings (SSSR count). The van der Waals surface area contributed by atoms with Crippen LogP contribution >= 0.6 is 22.9 Å². The molecule has 3 fully saturated rings. The highest BCUT2D eigenvalue weighted by Crippen LogP contribution is 2.44. The van der Waals surface area contributed by atoms with Crippen molar-refractivity contribution in [1.29, 1.82) is 0 Å². The molecule has 1 N–H and O–H groups in total. The lowest BCUT2D eigenvalue weighted by Gasteiger charge is -2.47. The molecule has 12 nitrogen and oxygen atoms in total. The number of piperidine rings is 3. The van der Waals surface area contributed by atoms with Crippen molar-refractivity contribution in [3.8, 4) is 5.00 Å². The van der Waals surface area contributed by atoms with Crippen molar-refractivity contribution in [2.75, 3.05) is 31.1 Å². The number of nitrogens with zero attached hydrogens (tertiary/aromatic N) is 7. The van der Waals surface area contributed by atoms with Gasteiger partial charge in [-0.3, -0.25) is 34.1 Å². The molecule has 14 heteroatoms. The van der Waals surface area contributed by atoms with Crippen LogP contribution in [0.15, 0.2) is 47.5 Å². The molecule has 2 aromatic heterocycles. The standard InChI is InChI=1S/C41H43ClN8O4S/c1-23-24(2)55-40-35(23)36(26-4-6-28(42)7-5-26)43-31(37-46-45-25(3)50(37)40)21-34(52)48-18-14-41(15-19-48)12-16-47(17-13-41)29-8-9-30-27(20-29)22-49(39(30)54)32-10-11-33(51)44-38(32)53/h4-9,20,31-32H,10-19,21-22H2,1-3H3,(H,44,51,53)/t31-,32?/m0/s1. The van der Waals surface area contributed by atoms with Crippen LogP contribution in [0.3, 0.4) is 0 Å².